The van der Waals surface area contributed by atoms with Crippen molar-refractivity contribution in [2.45, 2.75) is 27.3 Å². The fourth-order valence-corrected chi connectivity index (χ4v) is 3.47. The lowest BCUT2D eigenvalue weighted by Gasteiger charge is -2.09. The number of benzene rings is 1. The van der Waals surface area contributed by atoms with Crippen LogP contribution in [-0.2, 0) is 16.1 Å². The van der Waals surface area contributed by atoms with Crippen LogP contribution in [0.25, 0.3) is 22.6 Å². The van der Waals surface area contributed by atoms with E-state index < -0.39 is 5.97 Å². The number of carbonyl (C=O) groups excluding carboxylic acids is 1. The first-order valence-electron chi connectivity index (χ1n) is 9.34. The van der Waals surface area contributed by atoms with Crippen LogP contribution < -0.4 is 5.69 Å². The number of hydrogen-bond acceptors (Lipinski definition) is 5. The summed E-state index contributed by atoms with van der Waals surface area (Å²) in [6.07, 6.45) is 3.30. The molecule has 0 bridgehead atoms. The normalized spacial score (nSPS) is 11.1. The summed E-state index contributed by atoms with van der Waals surface area (Å²) in [5, 5.41) is 4.19. The Balaban J connectivity index is 1.96. The van der Waals surface area contributed by atoms with Gasteiger partial charge in [-0.1, -0.05) is 12.1 Å². The van der Waals surface area contributed by atoms with Gasteiger partial charge in [-0.3, -0.25) is 13.9 Å². The summed E-state index contributed by atoms with van der Waals surface area (Å²) < 4.78 is 9.78. The van der Waals surface area contributed by atoms with Gasteiger partial charge in [0, 0.05) is 17.5 Å². The minimum atomic E-state index is -0.447. The van der Waals surface area contributed by atoms with Crippen LogP contribution in [0.15, 0.2) is 53.7 Å². The van der Waals surface area contributed by atoms with Crippen molar-refractivity contribution >= 4 is 11.6 Å². The number of esters is 1. The Kier molecular flexibility index (Phi) is 4.75. The SMILES string of the molecule is CCOC(=O)Cn1c(C)c(-c2ccc3ncnn3c2)n(-c2cccc(C)c2)c1=O. The Hall–Kier alpha value is -3.68. The molecule has 0 aliphatic rings. The average Bonchev–Trinajstić information content (AvgIpc) is 3.25. The van der Waals surface area contributed by atoms with Crippen LogP contribution >= 0.6 is 0 Å². The van der Waals surface area contributed by atoms with Crippen LogP contribution in [0.1, 0.15) is 18.2 Å². The van der Waals surface area contributed by atoms with Gasteiger partial charge in [0.15, 0.2) is 5.65 Å². The number of carbonyl (C=O) groups is 1. The van der Waals surface area contributed by atoms with Gasteiger partial charge < -0.3 is 4.74 Å². The van der Waals surface area contributed by atoms with E-state index in [2.05, 4.69) is 10.1 Å². The predicted octanol–water partition coefficient (Wildman–Crippen LogP) is 2.53. The molecule has 0 atom stereocenters. The lowest BCUT2D eigenvalue weighted by atomic mass is 10.1. The maximum Gasteiger partial charge on any atom is 0.334 e. The number of ether oxygens (including phenoxy) is 1. The van der Waals surface area contributed by atoms with Crippen molar-refractivity contribution < 1.29 is 9.53 Å². The van der Waals surface area contributed by atoms with Gasteiger partial charge >= 0.3 is 11.7 Å². The highest BCUT2D eigenvalue weighted by Gasteiger charge is 2.22. The number of hydrogen-bond donors (Lipinski definition) is 0. The summed E-state index contributed by atoms with van der Waals surface area (Å²) in [5.41, 5.74) is 4.34. The molecule has 4 rings (SSSR count). The monoisotopic (exact) mass is 391 g/mol. The Morgan fingerprint density at radius 1 is 1.17 bits per heavy atom. The van der Waals surface area contributed by atoms with Crippen LogP contribution in [-0.4, -0.2) is 36.3 Å². The van der Waals surface area contributed by atoms with Gasteiger partial charge in [0.05, 0.1) is 18.0 Å². The van der Waals surface area contributed by atoms with E-state index in [0.29, 0.717) is 17.0 Å². The quantitative estimate of drug-likeness (QED) is 0.488. The fraction of sp³-hybridized carbons (Fsp3) is 0.238. The first kappa shape index (κ1) is 18.7. The van der Waals surface area contributed by atoms with E-state index in [9.17, 15) is 9.59 Å². The summed E-state index contributed by atoms with van der Waals surface area (Å²) in [6, 6.07) is 11.4. The van der Waals surface area contributed by atoms with Crippen molar-refractivity contribution in [3.8, 4) is 16.9 Å². The lowest BCUT2D eigenvalue weighted by molar-refractivity contribution is -0.143. The molecular weight excluding hydrogens is 370 g/mol. The number of pyridine rings is 1. The smallest absolute Gasteiger partial charge is 0.334 e. The van der Waals surface area contributed by atoms with Crippen LogP contribution in [0.5, 0.6) is 0 Å². The van der Waals surface area contributed by atoms with Gasteiger partial charge in [-0.25, -0.2) is 14.3 Å². The summed E-state index contributed by atoms with van der Waals surface area (Å²) in [4.78, 5) is 29.6. The molecule has 3 aromatic heterocycles. The number of imidazole rings is 1. The van der Waals surface area contributed by atoms with Crippen LogP contribution in [0.4, 0.5) is 0 Å². The molecular formula is C21H21N5O3. The zero-order valence-corrected chi connectivity index (χ0v) is 16.5. The van der Waals surface area contributed by atoms with Crippen molar-refractivity contribution in [1.29, 1.82) is 0 Å². The highest BCUT2D eigenvalue weighted by Crippen LogP contribution is 2.26. The van der Waals surface area contributed by atoms with Gasteiger partial charge in [0.1, 0.15) is 12.9 Å². The van der Waals surface area contributed by atoms with Crippen LogP contribution in [0.2, 0.25) is 0 Å². The average molecular weight is 391 g/mol. The first-order chi connectivity index (χ1) is 14.0. The van der Waals surface area contributed by atoms with Crippen LogP contribution in [0, 0.1) is 13.8 Å². The molecule has 4 aromatic rings. The molecule has 8 heteroatoms. The molecule has 0 spiro atoms. The number of fused-ring (bicyclic) bond motifs is 1. The van der Waals surface area contributed by atoms with E-state index in [0.717, 1.165) is 16.8 Å². The van der Waals surface area contributed by atoms with E-state index >= 15 is 0 Å². The third kappa shape index (κ3) is 3.33. The van der Waals surface area contributed by atoms with Crippen molar-refractivity contribution in [2.75, 3.05) is 6.61 Å². The molecule has 0 fully saturated rings. The molecule has 29 heavy (non-hydrogen) atoms. The molecule has 0 saturated heterocycles. The maximum atomic E-state index is 13.3. The zero-order valence-electron chi connectivity index (χ0n) is 16.5. The molecule has 0 aliphatic carbocycles. The van der Waals surface area contributed by atoms with Gasteiger partial charge in [-0.2, -0.15) is 5.10 Å². The van der Waals surface area contributed by atoms with E-state index in [1.54, 1.807) is 16.0 Å². The third-order valence-electron chi connectivity index (χ3n) is 4.79. The van der Waals surface area contributed by atoms with Crippen molar-refractivity contribution in [3.05, 3.63) is 70.7 Å². The Labute approximate surface area is 167 Å². The molecule has 0 amide bonds. The Morgan fingerprint density at radius 2 is 2.00 bits per heavy atom. The van der Waals surface area contributed by atoms with Gasteiger partial charge in [0.25, 0.3) is 0 Å². The maximum absolute atomic E-state index is 13.3. The molecule has 8 nitrogen and oxygen atoms in total. The minimum Gasteiger partial charge on any atom is -0.465 e. The number of rotatable bonds is 5. The molecule has 0 radical (unpaired) electrons. The lowest BCUT2D eigenvalue weighted by Crippen LogP contribution is -2.27. The van der Waals surface area contributed by atoms with Crippen molar-refractivity contribution in [2.24, 2.45) is 0 Å². The van der Waals surface area contributed by atoms with Gasteiger partial charge in [-0.15, -0.1) is 0 Å². The largest absolute Gasteiger partial charge is 0.465 e. The highest BCUT2D eigenvalue weighted by atomic mass is 16.5. The predicted molar refractivity (Wildman–Crippen MR) is 108 cm³/mol. The minimum absolute atomic E-state index is 0.143. The molecule has 148 valence electrons. The molecule has 3 heterocycles. The summed E-state index contributed by atoms with van der Waals surface area (Å²) in [6.45, 7) is 5.66. The topological polar surface area (TPSA) is 83.4 Å². The van der Waals surface area contributed by atoms with Crippen molar-refractivity contribution in [3.63, 3.8) is 0 Å². The Morgan fingerprint density at radius 3 is 2.76 bits per heavy atom. The summed E-state index contributed by atoms with van der Waals surface area (Å²) in [7, 11) is 0. The molecule has 0 unspecified atom stereocenters. The van der Waals surface area contributed by atoms with E-state index in [-0.39, 0.29) is 18.8 Å². The number of nitrogens with zero attached hydrogens (tertiary/aromatic N) is 5. The standard InChI is InChI=1S/C21H21N5O3/c1-4-29-19(27)12-24-15(3)20(16-8-9-18-22-13-23-25(18)11-16)26(21(24)28)17-7-5-6-14(2)10-17/h5-11,13H,4,12H2,1-3H3. The second-order valence-electron chi connectivity index (χ2n) is 6.76. The first-order valence-corrected chi connectivity index (χ1v) is 9.34. The summed E-state index contributed by atoms with van der Waals surface area (Å²) in [5.74, 6) is -0.447. The Bertz CT molecular complexity index is 1270. The highest BCUT2D eigenvalue weighted by molar-refractivity contribution is 5.71. The molecule has 0 aliphatic heterocycles. The molecule has 0 N–H and O–H groups in total. The zero-order chi connectivity index (χ0) is 20.5. The van der Waals surface area contributed by atoms with E-state index in [1.807, 2.05) is 56.4 Å². The second-order valence-corrected chi connectivity index (χ2v) is 6.76. The fourth-order valence-electron chi connectivity index (χ4n) is 3.47. The molecule has 1 aromatic carbocycles. The third-order valence-corrected chi connectivity index (χ3v) is 4.79. The molecule has 0 saturated carbocycles. The van der Waals surface area contributed by atoms with E-state index in [4.69, 9.17) is 4.74 Å². The van der Waals surface area contributed by atoms with Gasteiger partial charge in [0.2, 0.25) is 0 Å². The summed E-state index contributed by atoms with van der Waals surface area (Å²) >= 11 is 0. The van der Waals surface area contributed by atoms with E-state index in [1.165, 1.54) is 10.9 Å². The van der Waals surface area contributed by atoms with Gasteiger partial charge in [-0.05, 0) is 50.6 Å². The second kappa shape index (κ2) is 7.38. The number of aryl methyl sites for hydroxylation is 1. The van der Waals surface area contributed by atoms with Crippen molar-refractivity contribution in [1.82, 2.24) is 23.7 Å². The van der Waals surface area contributed by atoms with Crippen LogP contribution in [0.3, 0.4) is 0 Å². The number of aromatic nitrogens is 5.